The van der Waals surface area contributed by atoms with Crippen molar-refractivity contribution in [3.63, 3.8) is 0 Å². The summed E-state index contributed by atoms with van der Waals surface area (Å²) in [4.78, 5) is 22.7. The molecule has 0 saturated heterocycles. The summed E-state index contributed by atoms with van der Waals surface area (Å²) in [5.74, 6) is -2.19. The number of aryl methyl sites for hydroxylation is 1. The van der Waals surface area contributed by atoms with E-state index in [1.807, 2.05) is 6.07 Å². The number of carbonyl (C=O) groups is 2. The zero-order chi connectivity index (χ0) is 13.7. The van der Waals surface area contributed by atoms with Crippen LogP contribution in [-0.4, -0.2) is 16.9 Å². The first-order valence-corrected chi connectivity index (χ1v) is 5.34. The SMILES string of the molecule is C=C(O/C(=C\C)C(=O)O)C(=O)c1ccccc1C. The van der Waals surface area contributed by atoms with Gasteiger partial charge in [-0.25, -0.2) is 4.79 Å². The zero-order valence-electron chi connectivity index (χ0n) is 10.3. The Morgan fingerprint density at radius 1 is 1.33 bits per heavy atom. The minimum Gasteiger partial charge on any atom is -0.475 e. The molecule has 1 aromatic rings. The van der Waals surface area contributed by atoms with Crippen molar-refractivity contribution in [2.75, 3.05) is 0 Å². The molecule has 0 bridgehead atoms. The van der Waals surface area contributed by atoms with Crippen LogP contribution in [0.25, 0.3) is 0 Å². The van der Waals surface area contributed by atoms with Crippen LogP contribution in [0.5, 0.6) is 0 Å². The summed E-state index contributed by atoms with van der Waals surface area (Å²) in [6.07, 6.45) is 1.26. The van der Waals surface area contributed by atoms with Gasteiger partial charge in [0.15, 0.2) is 5.76 Å². The van der Waals surface area contributed by atoms with Crippen LogP contribution in [0.1, 0.15) is 22.8 Å². The third kappa shape index (κ3) is 3.07. The first-order chi connectivity index (χ1) is 8.47. The lowest BCUT2D eigenvalue weighted by atomic mass is 10.0. The van der Waals surface area contributed by atoms with E-state index in [2.05, 4.69) is 6.58 Å². The Morgan fingerprint density at radius 2 is 1.94 bits per heavy atom. The fourth-order valence-corrected chi connectivity index (χ4v) is 1.38. The van der Waals surface area contributed by atoms with E-state index < -0.39 is 11.8 Å². The molecule has 18 heavy (non-hydrogen) atoms. The van der Waals surface area contributed by atoms with Crippen molar-refractivity contribution < 1.29 is 19.4 Å². The molecule has 0 spiro atoms. The molecule has 0 saturated carbocycles. The number of allylic oxidation sites excluding steroid dienone is 2. The largest absolute Gasteiger partial charge is 0.475 e. The molecule has 1 rings (SSSR count). The van der Waals surface area contributed by atoms with Crippen LogP contribution in [0.4, 0.5) is 0 Å². The number of ether oxygens (including phenoxy) is 1. The van der Waals surface area contributed by atoms with Crippen LogP contribution in [0.15, 0.2) is 48.4 Å². The molecule has 0 heterocycles. The number of benzene rings is 1. The first kappa shape index (κ1) is 13.7. The van der Waals surface area contributed by atoms with Crippen LogP contribution in [0.3, 0.4) is 0 Å². The second-order valence-electron chi connectivity index (χ2n) is 3.63. The van der Waals surface area contributed by atoms with E-state index in [0.717, 1.165) is 5.56 Å². The van der Waals surface area contributed by atoms with Gasteiger partial charge in [-0.05, 0) is 25.5 Å². The van der Waals surface area contributed by atoms with E-state index in [4.69, 9.17) is 9.84 Å². The monoisotopic (exact) mass is 246 g/mol. The number of carboxylic acids is 1. The van der Waals surface area contributed by atoms with Gasteiger partial charge < -0.3 is 9.84 Å². The van der Waals surface area contributed by atoms with Gasteiger partial charge in [-0.3, -0.25) is 4.79 Å². The van der Waals surface area contributed by atoms with Gasteiger partial charge in [0.05, 0.1) is 0 Å². The van der Waals surface area contributed by atoms with Crippen molar-refractivity contribution in [3.8, 4) is 0 Å². The third-order valence-corrected chi connectivity index (χ3v) is 2.35. The quantitative estimate of drug-likeness (QED) is 0.493. The molecule has 0 fully saturated rings. The Hall–Kier alpha value is -2.36. The molecular formula is C14H14O4. The summed E-state index contributed by atoms with van der Waals surface area (Å²) >= 11 is 0. The lowest BCUT2D eigenvalue weighted by molar-refractivity contribution is -0.135. The maximum atomic E-state index is 12.0. The molecule has 1 N–H and O–H groups in total. The third-order valence-electron chi connectivity index (χ3n) is 2.35. The van der Waals surface area contributed by atoms with Crippen LogP contribution in [-0.2, 0) is 9.53 Å². The van der Waals surface area contributed by atoms with Gasteiger partial charge in [-0.1, -0.05) is 30.8 Å². The first-order valence-electron chi connectivity index (χ1n) is 5.34. The van der Waals surface area contributed by atoms with Crippen molar-refractivity contribution in [1.29, 1.82) is 0 Å². The summed E-state index contributed by atoms with van der Waals surface area (Å²) in [5, 5.41) is 8.78. The number of hydrogen-bond acceptors (Lipinski definition) is 3. The zero-order valence-corrected chi connectivity index (χ0v) is 10.3. The smallest absolute Gasteiger partial charge is 0.371 e. The predicted octanol–water partition coefficient (Wildman–Crippen LogP) is 2.70. The summed E-state index contributed by atoms with van der Waals surface area (Å²) < 4.78 is 4.95. The van der Waals surface area contributed by atoms with Crippen LogP contribution >= 0.6 is 0 Å². The van der Waals surface area contributed by atoms with E-state index in [1.165, 1.54) is 13.0 Å². The molecule has 94 valence electrons. The van der Waals surface area contributed by atoms with E-state index in [9.17, 15) is 9.59 Å². The van der Waals surface area contributed by atoms with Gasteiger partial charge in [0, 0.05) is 5.56 Å². The number of aliphatic carboxylic acids is 1. The summed E-state index contributed by atoms with van der Waals surface area (Å²) in [6, 6.07) is 6.96. The molecule has 0 aliphatic carbocycles. The van der Waals surface area contributed by atoms with Crippen LogP contribution in [0.2, 0.25) is 0 Å². The fraction of sp³-hybridized carbons (Fsp3) is 0.143. The van der Waals surface area contributed by atoms with Crippen molar-refractivity contribution in [1.82, 2.24) is 0 Å². The van der Waals surface area contributed by atoms with E-state index in [1.54, 1.807) is 25.1 Å². The fourth-order valence-electron chi connectivity index (χ4n) is 1.38. The standard InChI is InChI=1S/C14H14O4/c1-4-12(14(16)17)18-10(3)13(15)11-8-6-5-7-9(11)2/h4-8H,3H2,1-2H3,(H,16,17)/b12-4-. The number of carbonyl (C=O) groups excluding carboxylic acids is 1. The van der Waals surface area contributed by atoms with Gasteiger partial charge in [-0.2, -0.15) is 0 Å². The molecule has 0 atom stereocenters. The molecule has 0 radical (unpaired) electrons. The van der Waals surface area contributed by atoms with Crippen molar-refractivity contribution in [2.45, 2.75) is 13.8 Å². The highest BCUT2D eigenvalue weighted by atomic mass is 16.5. The minimum atomic E-state index is -1.24. The average molecular weight is 246 g/mol. The number of ketones is 1. The molecule has 0 amide bonds. The van der Waals surface area contributed by atoms with E-state index in [0.29, 0.717) is 5.56 Å². The van der Waals surface area contributed by atoms with Crippen molar-refractivity contribution in [2.24, 2.45) is 0 Å². The molecular weight excluding hydrogens is 232 g/mol. The van der Waals surface area contributed by atoms with Gasteiger partial charge in [0.2, 0.25) is 11.5 Å². The molecule has 0 aromatic heterocycles. The second kappa shape index (κ2) is 5.82. The normalized spacial score (nSPS) is 10.9. The summed E-state index contributed by atoms with van der Waals surface area (Å²) in [5.41, 5.74) is 1.23. The maximum absolute atomic E-state index is 12.0. The molecule has 1 aromatic carbocycles. The van der Waals surface area contributed by atoms with Gasteiger partial charge >= 0.3 is 5.97 Å². The Balaban J connectivity index is 2.90. The molecule has 4 nitrogen and oxygen atoms in total. The van der Waals surface area contributed by atoms with E-state index in [-0.39, 0.29) is 11.5 Å². The highest BCUT2D eigenvalue weighted by molar-refractivity contribution is 6.08. The van der Waals surface area contributed by atoms with Crippen LogP contribution in [0, 0.1) is 6.92 Å². The minimum absolute atomic E-state index is 0.209. The van der Waals surface area contributed by atoms with Crippen molar-refractivity contribution in [3.05, 3.63) is 59.6 Å². The molecule has 0 unspecified atom stereocenters. The Labute approximate surface area is 105 Å². The van der Waals surface area contributed by atoms with Gasteiger partial charge in [0.25, 0.3) is 0 Å². The molecule has 4 heteroatoms. The Morgan fingerprint density at radius 3 is 2.44 bits per heavy atom. The average Bonchev–Trinajstić information content (AvgIpc) is 2.35. The Bertz CT molecular complexity index is 526. The maximum Gasteiger partial charge on any atom is 0.371 e. The van der Waals surface area contributed by atoms with Crippen LogP contribution < -0.4 is 0 Å². The number of Topliss-reactive ketones (excluding diaryl/α,β-unsaturated/α-hetero) is 1. The number of hydrogen-bond donors (Lipinski definition) is 1. The number of rotatable bonds is 5. The summed E-state index contributed by atoms with van der Waals surface area (Å²) in [7, 11) is 0. The van der Waals surface area contributed by atoms with Crippen molar-refractivity contribution >= 4 is 11.8 Å². The Kier molecular flexibility index (Phi) is 4.43. The second-order valence-corrected chi connectivity index (χ2v) is 3.63. The topological polar surface area (TPSA) is 63.6 Å². The summed E-state index contributed by atoms with van der Waals surface area (Å²) in [6.45, 7) is 6.76. The lowest BCUT2D eigenvalue weighted by Crippen LogP contribution is -2.11. The highest BCUT2D eigenvalue weighted by Gasteiger charge is 2.17. The molecule has 0 aliphatic rings. The highest BCUT2D eigenvalue weighted by Crippen LogP contribution is 2.15. The lowest BCUT2D eigenvalue weighted by Gasteiger charge is -2.09. The van der Waals surface area contributed by atoms with E-state index >= 15 is 0 Å². The molecule has 0 aliphatic heterocycles. The van der Waals surface area contributed by atoms with Gasteiger partial charge in [0.1, 0.15) is 0 Å². The predicted molar refractivity (Wildman–Crippen MR) is 67.1 cm³/mol. The van der Waals surface area contributed by atoms with Gasteiger partial charge in [-0.15, -0.1) is 0 Å². The number of carboxylic acid groups (broad SMARTS) is 1.